The molecule has 2 aromatic rings. The molecule has 1 aromatic heterocycles. The first kappa shape index (κ1) is 18.7. The van der Waals surface area contributed by atoms with Gasteiger partial charge in [-0.25, -0.2) is 4.98 Å². The van der Waals surface area contributed by atoms with Crippen LogP contribution in [0.1, 0.15) is 24.5 Å². The number of thiazole rings is 1. The Balaban J connectivity index is 1.95. The van der Waals surface area contributed by atoms with Gasteiger partial charge in [0.25, 0.3) is 0 Å². The summed E-state index contributed by atoms with van der Waals surface area (Å²) >= 11 is 7.45. The van der Waals surface area contributed by atoms with E-state index >= 15 is 0 Å². The fraction of sp³-hybridized carbons (Fsp3) is 0.412. The smallest absolute Gasteiger partial charge is 0.249 e. The van der Waals surface area contributed by atoms with E-state index in [1.165, 1.54) is 18.4 Å². The van der Waals surface area contributed by atoms with Crippen LogP contribution in [0.4, 0.5) is 0 Å². The summed E-state index contributed by atoms with van der Waals surface area (Å²) in [5.74, 6) is 0.663. The van der Waals surface area contributed by atoms with Gasteiger partial charge < -0.3 is 14.4 Å². The summed E-state index contributed by atoms with van der Waals surface area (Å²) in [4.78, 5) is 18.4. The van der Waals surface area contributed by atoms with E-state index < -0.39 is 0 Å². The standard InChI is InChI=1S/C17H21ClN2O3S/c1-12(2)20(17(21)10-22-3)8-14-11-24-16(19-14)9-23-15-6-4-5-13(18)7-15/h4-7,11-12H,8-10H2,1-3H3. The fourth-order valence-corrected chi connectivity index (χ4v) is 3.01. The van der Waals surface area contributed by atoms with Gasteiger partial charge in [0.05, 0.1) is 12.2 Å². The molecule has 0 saturated heterocycles. The van der Waals surface area contributed by atoms with Gasteiger partial charge in [-0.15, -0.1) is 11.3 Å². The third-order valence-corrected chi connectivity index (χ3v) is 4.41. The van der Waals surface area contributed by atoms with Crippen molar-refractivity contribution in [1.29, 1.82) is 0 Å². The number of nitrogens with zero attached hydrogens (tertiary/aromatic N) is 2. The van der Waals surface area contributed by atoms with E-state index in [-0.39, 0.29) is 18.6 Å². The number of hydrogen-bond donors (Lipinski definition) is 0. The monoisotopic (exact) mass is 368 g/mol. The van der Waals surface area contributed by atoms with Crippen LogP contribution >= 0.6 is 22.9 Å². The molecule has 1 heterocycles. The van der Waals surface area contributed by atoms with E-state index in [4.69, 9.17) is 21.1 Å². The number of amides is 1. The summed E-state index contributed by atoms with van der Waals surface area (Å²) in [7, 11) is 1.52. The van der Waals surface area contributed by atoms with Crippen LogP contribution in [0.15, 0.2) is 29.6 Å². The Hall–Kier alpha value is -1.63. The van der Waals surface area contributed by atoms with Crippen molar-refractivity contribution in [1.82, 2.24) is 9.88 Å². The first-order chi connectivity index (χ1) is 11.5. The number of halogens is 1. The maximum Gasteiger partial charge on any atom is 0.249 e. The van der Waals surface area contributed by atoms with Crippen LogP contribution in [0.25, 0.3) is 0 Å². The number of benzene rings is 1. The van der Waals surface area contributed by atoms with Crippen LogP contribution in [0.3, 0.4) is 0 Å². The van der Waals surface area contributed by atoms with Crippen LogP contribution in [0.5, 0.6) is 5.75 Å². The van der Waals surface area contributed by atoms with Crippen LogP contribution in [-0.2, 0) is 22.7 Å². The molecule has 0 bridgehead atoms. The number of aromatic nitrogens is 1. The van der Waals surface area contributed by atoms with Gasteiger partial charge in [-0.3, -0.25) is 4.79 Å². The quantitative estimate of drug-likeness (QED) is 0.711. The van der Waals surface area contributed by atoms with Gasteiger partial charge in [0.15, 0.2) is 0 Å². The molecule has 2 rings (SSSR count). The number of methoxy groups -OCH3 is 1. The number of hydrogen-bond acceptors (Lipinski definition) is 5. The zero-order chi connectivity index (χ0) is 17.5. The zero-order valence-corrected chi connectivity index (χ0v) is 15.6. The van der Waals surface area contributed by atoms with E-state index in [2.05, 4.69) is 4.98 Å². The first-order valence-corrected chi connectivity index (χ1v) is 8.85. The summed E-state index contributed by atoms with van der Waals surface area (Å²) in [5, 5.41) is 3.44. The molecule has 5 nitrogen and oxygen atoms in total. The van der Waals surface area contributed by atoms with Crippen molar-refractivity contribution in [3.63, 3.8) is 0 Å². The lowest BCUT2D eigenvalue weighted by Crippen LogP contribution is -2.38. The predicted molar refractivity (Wildman–Crippen MR) is 95.5 cm³/mol. The van der Waals surface area contributed by atoms with Gasteiger partial charge in [0.2, 0.25) is 5.91 Å². The van der Waals surface area contributed by atoms with E-state index in [0.717, 1.165) is 10.7 Å². The summed E-state index contributed by atoms with van der Waals surface area (Å²) in [6, 6.07) is 7.34. The molecule has 24 heavy (non-hydrogen) atoms. The SMILES string of the molecule is COCC(=O)N(Cc1csc(COc2cccc(Cl)c2)n1)C(C)C. The van der Waals surface area contributed by atoms with Gasteiger partial charge in [0, 0.05) is 23.6 Å². The second-order valence-electron chi connectivity index (χ2n) is 5.53. The lowest BCUT2D eigenvalue weighted by Gasteiger charge is -2.25. The van der Waals surface area contributed by atoms with Crippen LogP contribution < -0.4 is 4.74 Å². The van der Waals surface area contributed by atoms with Gasteiger partial charge in [-0.1, -0.05) is 17.7 Å². The molecule has 1 amide bonds. The first-order valence-electron chi connectivity index (χ1n) is 7.59. The third-order valence-electron chi connectivity index (χ3n) is 3.30. The van der Waals surface area contributed by atoms with E-state index in [9.17, 15) is 4.79 Å². The second-order valence-corrected chi connectivity index (χ2v) is 6.91. The van der Waals surface area contributed by atoms with E-state index in [1.54, 1.807) is 17.0 Å². The predicted octanol–water partition coefficient (Wildman–Crippen LogP) is 3.76. The normalized spacial score (nSPS) is 10.9. The molecule has 0 aliphatic rings. The Labute approximate surface area is 151 Å². The van der Waals surface area contributed by atoms with Crippen molar-refractivity contribution in [2.45, 2.75) is 33.0 Å². The zero-order valence-electron chi connectivity index (χ0n) is 14.0. The molecule has 0 aliphatic heterocycles. The van der Waals surface area contributed by atoms with E-state index in [1.807, 2.05) is 31.4 Å². The number of ether oxygens (including phenoxy) is 2. The third kappa shape index (κ3) is 5.47. The highest BCUT2D eigenvalue weighted by Crippen LogP contribution is 2.20. The van der Waals surface area contributed by atoms with E-state index in [0.29, 0.717) is 23.9 Å². The molecule has 0 atom stereocenters. The minimum absolute atomic E-state index is 0.0442. The molecule has 0 saturated carbocycles. The minimum atomic E-state index is -0.0442. The fourth-order valence-electron chi connectivity index (χ4n) is 2.13. The summed E-state index contributed by atoms with van der Waals surface area (Å²) in [5.41, 5.74) is 0.850. The van der Waals surface area contributed by atoms with Crippen molar-refractivity contribution < 1.29 is 14.3 Å². The van der Waals surface area contributed by atoms with Crippen LogP contribution in [0, 0.1) is 0 Å². The minimum Gasteiger partial charge on any atom is -0.486 e. The summed E-state index contributed by atoms with van der Waals surface area (Å²) in [6.45, 7) is 4.87. The molecule has 0 N–H and O–H groups in total. The summed E-state index contributed by atoms with van der Waals surface area (Å²) < 4.78 is 10.6. The molecule has 1 aromatic carbocycles. The largest absolute Gasteiger partial charge is 0.486 e. The molecule has 7 heteroatoms. The molecule has 0 aliphatic carbocycles. The summed E-state index contributed by atoms with van der Waals surface area (Å²) in [6.07, 6.45) is 0. The van der Waals surface area contributed by atoms with Gasteiger partial charge in [-0.2, -0.15) is 0 Å². The Morgan fingerprint density at radius 3 is 2.88 bits per heavy atom. The average Bonchev–Trinajstić information content (AvgIpc) is 2.98. The Kier molecular flexibility index (Phi) is 7.02. The Bertz CT molecular complexity index is 675. The Morgan fingerprint density at radius 2 is 2.21 bits per heavy atom. The molecular formula is C17H21ClN2O3S. The van der Waals surface area contributed by atoms with Gasteiger partial charge >= 0.3 is 0 Å². The van der Waals surface area contributed by atoms with Crippen molar-refractivity contribution in [3.8, 4) is 5.75 Å². The van der Waals surface area contributed by atoms with Crippen molar-refractivity contribution >= 4 is 28.8 Å². The van der Waals surface area contributed by atoms with Crippen molar-refractivity contribution in [2.24, 2.45) is 0 Å². The number of carbonyl (C=O) groups is 1. The average molecular weight is 369 g/mol. The number of rotatable bonds is 8. The molecule has 0 spiro atoms. The Morgan fingerprint density at radius 1 is 1.42 bits per heavy atom. The lowest BCUT2D eigenvalue weighted by atomic mass is 10.3. The maximum absolute atomic E-state index is 12.1. The topological polar surface area (TPSA) is 51.7 Å². The molecule has 0 fully saturated rings. The highest BCUT2D eigenvalue weighted by atomic mass is 35.5. The van der Waals surface area contributed by atoms with Gasteiger partial charge in [0.1, 0.15) is 24.0 Å². The number of carbonyl (C=O) groups excluding carboxylic acids is 1. The second kappa shape index (κ2) is 9.01. The molecule has 0 radical (unpaired) electrons. The van der Waals surface area contributed by atoms with Crippen LogP contribution in [-0.4, -0.2) is 35.5 Å². The lowest BCUT2D eigenvalue weighted by molar-refractivity contribution is -0.137. The van der Waals surface area contributed by atoms with Gasteiger partial charge in [-0.05, 0) is 32.0 Å². The van der Waals surface area contributed by atoms with Crippen molar-refractivity contribution in [3.05, 3.63) is 45.4 Å². The molecule has 0 unspecified atom stereocenters. The maximum atomic E-state index is 12.1. The van der Waals surface area contributed by atoms with Crippen molar-refractivity contribution in [2.75, 3.05) is 13.7 Å². The highest BCUT2D eigenvalue weighted by molar-refractivity contribution is 7.09. The highest BCUT2D eigenvalue weighted by Gasteiger charge is 2.18. The molecule has 130 valence electrons. The molecular weight excluding hydrogens is 348 g/mol. The van der Waals surface area contributed by atoms with Crippen LogP contribution in [0.2, 0.25) is 5.02 Å².